The first-order chi connectivity index (χ1) is 32.8. The minimum Gasteiger partial charge on any atom is -0.462 e. The van der Waals surface area contributed by atoms with Gasteiger partial charge in [-0.3, -0.25) is 18.6 Å². The molecule has 0 bridgehead atoms. The maximum absolute atomic E-state index is 12.7. The molecule has 0 radical (unpaired) electrons. The molecule has 0 aliphatic carbocycles. The van der Waals surface area contributed by atoms with Gasteiger partial charge in [0.1, 0.15) is 6.61 Å². The first-order valence-electron chi connectivity index (χ1n) is 28.5. The SMILES string of the molecule is CCCCCCC/C=C\C/C=C\C/C=C\CCCCCCCCCCCCCCCCC(=O)OC(COC(=O)CCCCCCCCCCCCCCCCCCC)COP(=O)(O)OCCN. The number of carbonyl (C=O) groups excluding carboxylic acids is 2. The van der Waals surface area contributed by atoms with Crippen LogP contribution in [-0.2, 0) is 32.7 Å². The predicted octanol–water partition coefficient (Wildman–Crippen LogP) is 17.6. The van der Waals surface area contributed by atoms with Crippen molar-refractivity contribution >= 4 is 19.8 Å². The van der Waals surface area contributed by atoms with Crippen LogP contribution < -0.4 is 5.73 Å². The molecule has 9 nitrogen and oxygen atoms in total. The van der Waals surface area contributed by atoms with Gasteiger partial charge in [-0.1, -0.05) is 256 Å². The Morgan fingerprint density at radius 1 is 0.448 bits per heavy atom. The molecule has 0 aromatic rings. The van der Waals surface area contributed by atoms with Crippen LogP contribution in [0, 0.1) is 0 Å². The third-order valence-corrected chi connectivity index (χ3v) is 13.5. The highest BCUT2D eigenvalue weighted by atomic mass is 31.2. The van der Waals surface area contributed by atoms with Gasteiger partial charge < -0.3 is 20.1 Å². The molecule has 394 valence electrons. The van der Waals surface area contributed by atoms with Gasteiger partial charge in [-0.2, -0.15) is 0 Å². The number of phosphoric ester groups is 1. The number of allylic oxidation sites excluding steroid dienone is 6. The standard InChI is InChI=1S/C57H108NO8P/c1-3-5-7-9-11-13-15-17-19-21-22-23-24-25-26-27-28-29-30-31-32-34-36-38-40-42-44-46-48-50-57(60)66-55(54-65-67(61,62)64-52-51-58)53-63-56(59)49-47-45-43-41-39-37-35-33-20-18-16-14-12-10-8-6-4-2/h15,17,21-22,24-25,55H,3-14,16,18-20,23,26-54,58H2,1-2H3,(H,61,62)/b17-15-,22-21-,25-24-. The molecule has 0 saturated heterocycles. The molecular weight excluding hydrogens is 858 g/mol. The van der Waals surface area contributed by atoms with Gasteiger partial charge in [0.15, 0.2) is 6.10 Å². The predicted molar refractivity (Wildman–Crippen MR) is 284 cm³/mol. The Morgan fingerprint density at radius 3 is 1.15 bits per heavy atom. The van der Waals surface area contributed by atoms with E-state index in [4.69, 9.17) is 24.3 Å². The van der Waals surface area contributed by atoms with Gasteiger partial charge in [-0.05, 0) is 51.4 Å². The number of unbranched alkanes of at least 4 members (excludes halogenated alkanes) is 35. The molecule has 3 N–H and O–H groups in total. The molecule has 0 heterocycles. The molecule has 0 aliphatic rings. The van der Waals surface area contributed by atoms with Crippen molar-refractivity contribution < 1.29 is 37.6 Å². The van der Waals surface area contributed by atoms with Crippen molar-refractivity contribution in [1.29, 1.82) is 0 Å². The number of nitrogens with two attached hydrogens (primary N) is 1. The van der Waals surface area contributed by atoms with Crippen LogP contribution >= 0.6 is 7.82 Å². The van der Waals surface area contributed by atoms with Crippen LogP contribution in [0.1, 0.15) is 284 Å². The van der Waals surface area contributed by atoms with Crippen LogP contribution in [0.15, 0.2) is 36.5 Å². The van der Waals surface area contributed by atoms with Gasteiger partial charge in [-0.25, -0.2) is 4.57 Å². The van der Waals surface area contributed by atoms with E-state index >= 15 is 0 Å². The maximum atomic E-state index is 12.7. The molecule has 0 aromatic heterocycles. The van der Waals surface area contributed by atoms with Crippen LogP contribution in [0.2, 0.25) is 0 Å². The number of ether oxygens (including phenoxy) is 2. The van der Waals surface area contributed by atoms with Crippen molar-refractivity contribution in [2.75, 3.05) is 26.4 Å². The third kappa shape index (κ3) is 53.4. The zero-order valence-electron chi connectivity index (χ0n) is 43.9. The zero-order chi connectivity index (χ0) is 48.8. The Balaban J connectivity index is 3.93. The van der Waals surface area contributed by atoms with Crippen molar-refractivity contribution in [2.45, 2.75) is 290 Å². The summed E-state index contributed by atoms with van der Waals surface area (Å²) < 4.78 is 33.0. The number of hydrogen-bond acceptors (Lipinski definition) is 8. The summed E-state index contributed by atoms with van der Waals surface area (Å²) in [5.74, 6) is -0.814. The number of carbonyl (C=O) groups is 2. The van der Waals surface area contributed by atoms with Crippen LogP contribution in [0.25, 0.3) is 0 Å². The highest BCUT2D eigenvalue weighted by Gasteiger charge is 2.26. The molecule has 0 aromatic carbocycles. The molecule has 0 fully saturated rings. The van der Waals surface area contributed by atoms with Gasteiger partial charge >= 0.3 is 19.8 Å². The van der Waals surface area contributed by atoms with Crippen molar-refractivity contribution in [3.63, 3.8) is 0 Å². The minimum absolute atomic E-state index is 0.0550. The summed E-state index contributed by atoms with van der Waals surface area (Å²) in [4.78, 5) is 35.1. The van der Waals surface area contributed by atoms with Gasteiger partial charge in [-0.15, -0.1) is 0 Å². The lowest BCUT2D eigenvalue weighted by Crippen LogP contribution is -2.29. The lowest BCUT2D eigenvalue weighted by molar-refractivity contribution is -0.161. The van der Waals surface area contributed by atoms with Gasteiger partial charge in [0.05, 0.1) is 13.2 Å². The summed E-state index contributed by atoms with van der Waals surface area (Å²) in [6, 6.07) is 0. The van der Waals surface area contributed by atoms with Crippen LogP contribution in [0.5, 0.6) is 0 Å². The first kappa shape index (κ1) is 65.2. The Labute approximate surface area is 414 Å². The van der Waals surface area contributed by atoms with E-state index < -0.39 is 26.5 Å². The summed E-state index contributed by atoms with van der Waals surface area (Å²) in [7, 11) is -4.38. The van der Waals surface area contributed by atoms with Gasteiger partial charge in [0.2, 0.25) is 0 Å². The highest BCUT2D eigenvalue weighted by molar-refractivity contribution is 7.47. The second-order valence-corrected chi connectivity index (χ2v) is 20.6. The summed E-state index contributed by atoms with van der Waals surface area (Å²) in [6.07, 6.45) is 63.4. The number of esters is 2. The normalized spacial score (nSPS) is 13.3. The molecule has 2 unspecified atom stereocenters. The Bertz CT molecular complexity index is 1190. The van der Waals surface area contributed by atoms with Crippen molar-refractivity contribution in [3.05, 3.63) is 36.5 Å². The van der Waals surface area contributed by atoms with Crippen LogP contribution in [-0.4, -0.2) is 49.3 Å². The fraction of sp³-hybridized carbons (Fsp3) is 0.860. The minimum atomic E-state index is -4.38. The van der Waals surface area contributed by atoms with E-state index in [-0.39, 0.29) is 38.6 Å². The Morgan fingerprint density at radius 2 is 0.776 bits per heavy atom. The second-order valence-electron chi connectivity index (χ2n) is 19.2. The fourth-order valence-electron chi connectivity index (χ4n) is 8.29. The van der Waals surface area contributed by atoms with E-state index in [2.05, 4.69) is 50.3 Å². The zero-order valence-corrected chi connectivity index (χ0v) is 44.8. The van der Waals surface area contributed by atoms with E-state index in [9.17, 15) is 19.0 Å². The quantitative estimate of drug-likeness (QED) is 0.0264. The summed E-state index contributed by atoms with van der Waals surface area (Å²) in [6.45, 7) is 3.78. The fourth-order valence-corrected chi connectivity index (χ4v) is 9.06. The van der Waals surface area contributed by atoms with E-state index in [1.807, 2.05) is 0 Å². The molecule has 0 saturated carbocycles. The molecule has 0 aliphatic heterocycles. The van der Waals surface area contributed by atoms with E-state index in [0.29, 0.717) is 6.42 Å². The Hall–Kier alpha value is -1.77. The van der Waals surface area contributed by atoms with Crippen LogP contribution in [0.3, 0.4) is 0 Å². The molecule has 10 heteroatoms. The lowest BCUT2D eigenvalue weighted by atomic mass is 10.0. The Kier molecular flexibility index (Phi) is 52.2. The topological polar surface area (TPSA) is 134 Å². The van der Waals surface area contributed by atoms with Crippen molar-refractivity contribution in [2.24, 2.45) is 5.73 Å². The molecule has 67 heavy (non-hydrogen) atoms. The monoisotopic (exact) mass is 966 g/mol. The van der Waals surface area contributed by atoms with E-state index in [1.165, 1.54) is 199 Å². The van der Waals surface area contributed by atoms with E-state index in [1.54, 1.807) is 0 Å². The average molecular weight is 966 g/mol. The highest BCUT2D eigenvalue weighted by Crippen LogP contribution is 2.43. The maximum Gasteiger partial charge on any atom is 0.472 e. The number of phosphoric acid groups is 1. The van der Waals surface area contributed by atoms with Gasteiger partial charge in [0.25, 0.3) is 0 Å². The van der Waals surface area contributed by atoms with Crippen molar-refractivity contribution in [3.8, 4) is 0 Å². The van der Waals surface area contributed by atoms with E-state index in [0.717, 1.165) is 51.4 Å². The molecular formula is C57H108NO8P. The summed E-state index contributed by atoms with van der Waals surface area (Å²) >= 11 is 0. The third-order valence-electron chi connectivity index (χ3n) is 12.5. The molecule has 0 rings (SSSR count). The van der Waals surface area contributed by atoms with Crippen LogP contribution in [0.4, 0.5) is 0 Å². The first-order valence-corrected chi connectivity index (χ1v) is 30.0. The lowest BCUT2D eigenvalue weighted by Gasteiger charge is -2.19. The largest absolute Gasteiger partial charge is 0.472 e. The number of rotatable bonds is 54. The van der Waals surface area contributed by atoms with Crippen molar-refractivity contribution in [1.82, 2.24) is 0 Å². The second kappa shape index (κ2) is 53.6. The van der Waals surface area contributed by atoms with Gasteiger partial charge in [0, 0.05) is 19.4 Å². The average Bonchev–Trinajstić information content (AvgIpc) is 3.32. The smallest absolute Gasteiger partial charge is 0.462 e. The molecule has 2 atom stereocenters. The summed E-state index contributed by atoms with van der Waals surface area (Å²) in [5.41, 5.74) is 5.38. The summed E-state index contributed by atoms with van der Waals surface area (Å²) in [5, 5.41) is 0. The molecule has 0 spiro atoms. The molecule has 0 amide bonds. The number of hydrogen-bond donors (Lipinski definition) is 2.